The molecule has 1 saturated heterocycles. The molecule has 43 heavy (non-hydrogen) atoms. The highest BCUT2D eigenvalue weighted by Crippen LogP contribution is 2.14. The molecule has 10 nitrogen and oxygen atoms in total. The average molecular weight is 613 g/mol. The summed E-state index contributed by atoms with van der Waals surface area (Å²) in [4.78, 5) is 50.8. The summed E-state index contributed by atoms with van der Waals surface area (Å²) in [5.74, 6) is -1.70. The number of carbonyl (C=O) groups is 4. The molecule has 0 bridgehead atoms. The summed E-state index contributed by atoms with van der Waals surface area (Å²) in [5.41, 5.74) is 0. The van der Waals surface area contributed by atoms with Crippen LogP contribution in [-0.2, 0) is 38.1 Å². The Hall–Kier alpha value is -2.20. The van der Waals surface area contributed by atoms with Gasteiger partial charge in [-0.25, -0.2) is 0 Å². The molecule has 1 rings (SSSR count). The number of nitrogens with one attached hydrogen (secondary N) is 1. The van der Waals surface area contributed by atoms with Gasteiger partial charge in [-0.1, -0.05) is 97.8 Å². The van der Waals surface area contributed by atoms with E-state index in [1.165, 1.54) is 43.4 Å². The van der Waals surface area contributed by atoms with E-state index in [2.05, 4.69) is 19.2 Å². The van der Waals surface area contributed by atoms with Gasteiger partial charge < -0.3 is 24.3 Å². The average Bonchev–Trinajstić information content (AvgIpc) is 3.23. The van der Waals surface area contributed by atoms with Crippen molar-refractivity contribution in [3.8, 4) is 0 Å². The Labute approximate surface area is 260 Å². The van der Waals surface area contributed by atoms with E-state index in [9.17, 15) is 19.2 Å². The molecular formula is C33H60N2O8. The molecule has 0 aromatic heterocycles. The second-order valence-corrected chi connectivity index (χ2v) is 11.7. The molecule has 1 aliphatic rings. The van der Waals surface area contributed by atoms with E-state index in [1.54, 1.807) is 6.92 Å². The maximum atomic E-state index is 12.8. The lowest BCUT2D eigenvalue weighted by Gasteiger charge is -2.23. The predicted molar refractivity (Wildman–Crippen MR) is 166 cm³/mol. The van der Waals surface area contributed by atoms with Crippen LogP contribution in [0.2, 0.25) is 0 Å². The van der Waals surface area contributed by atoms with Crippen LogP contribution in [0.25, 0.3) is 0 Å². The fraction of sp³-hybridized carbons (Fsp3) is 0.879. The topological polar surface area (TPSA) is 120 Å². The number of hydrogen-bond acceptors (Lipinski definition) is 10. The Morgan fingerprint density at radius 3 is 1.40 bits per heavy atom. The molecule has 250 valence electrons. The number of hydrogen-bond donors (Lipinski definition) is 1. The van der Waals surface area contributed by atoms with Crippen LogP contribution < -0.4 is 5.32 Å². The first-order chi connectivity index (χ1) is 20.9. The SMILES string of the molecule is CCCCCCCCOC(=O)CN(CC(=O)OCCCCCCCC)CC(=O)OCC1CCCCC(COC(=O)CC)N1. The molecule has 0 aromatic carbocycles. The quantitative estimate of drug-likeness (QED) is 0.0805. The van der Waals surface area contributed by atoms with Crippen LogP contribution in [0.15, 0.2) is 0 Å². The van der Waals surface area contributed by atoms with Gasteiger partial charge in [-0.05, 0) is 25.7 Å². The minimum Gasteiger partial charge on any atom is -0.465 e. The Bertz CT molecular complexity index is 731. The first kappa shape index (κ1) is 38.8. The van der Waals surface area contributed by atoms with Crippen LogP contribution in [0.1, 0.15) is 130 Å². The highest BCUT2D eigenvalue weighted by atomic mass is 16.5. The number of esters is 4. The number of ether oxygens (including phenoxy) is 4. The van der Waals surface area contributed by atoms with Gasteiger partial charge in [-0.2, -0.15) is 0 Å². The molecule has 2 unspecified atom stereocenters. The van der Waals surface area contributed by atoms with Crippen LogP contribution in [0.3, 0.4) is 0 Å². The van der Waals surface area contributed by atoms with Gasteiger partial charge in [0.05, 0.1) is 32.8 Å². The summed E-state index contributed by atoms with van der Waals surface area (Å²) < 4.78 is 21.6. The van der Waals surface area contributed by atoms with Crippen LogP contribution in [0.4, 0.5) is 0 Å². The molecule has 0 radical (unpaired) electrons. The molecule has 0 saturated carbocycles. The van der Waals surface area contributed by atoms with Crippen LogP contribution in [0, 0.1) is 0 Å². The van der Waals surface area contributed by atoms with Crippen molar-refractivity contribution in [1.82, 2.24) is 10.2 Å². The zero-order valence-electron chi connectivity index (χ0n) is 27.3. The normalized spacial score (nSPS) is 16.8. The second-order valence-electron chi connectivity index (χ2n) is 11.7. The van der Waals surface area contributed by atoms with Crippen molar-refractivity contribution in [2.45, 2.75) is 142 Å². The van der Waals surface area contributed by atoms with Crippen molar-refractivity contribution in [2.75, 3.05) is 46.1 Å². The van der Waals surface area contributed by atoms with E-state index in [0.717, 1.165) is 64.2 Å². The summed E-state index contributed by atoms with van der Waals surface area (Å²) >= 11 is 0. The number of carbonyl (C=O) groups excluding carboxylic acids is 4. The lowest BCUT2D eigenvalue weighted by molar-refractivity contribution is -0.152. The zero-order valence-corrected chi connectivity index (χ0v) is 27.3. The van der Waals surface area contributed by atoms with Gasteiger partial charge in [-0.15, -0.1) is 0 Å². The predicted octanol–water partition coefficient (Wildman–Crippen LogP) is 5.49. The van der Waals surface area contributed by atoms with Crippen molar-refractivity contribution < 1.29 is 38.1 Å². The van der Waals surface area contributed by atoms with E-state index < -0.39 is 17.9 Å². The lowest BCUT2D eigenvalue weighted by atomic mass is 10.1. The highest BCUT2D eigenvalue weighted by Gasteiger charge is 2.24. The number of nitrogens with zero attached hydrogens (tertiary/aromatic N) is 1. The summed E-state index contributed by atoms with van der Waals surface area (Å²) in [5, 5.41) is 3.44. The van der Waals surface area contributed by atoms with Gasteiger partial charge in [-0.3, -0.25) is 24.1 Å². The van der Waals surface area contributed by atoms with Gasteiger partial charge in [0.1, 0.15) is 13.2 Å². The molecule has 1 aliphatic heterocycles. The molecule has 10 heteroatoms. The van der Waals surface area contributed by atoms with Gasteiger partial charge >= 0.3 is 23.9 Å². The third kappa shape index (κ3) is 22.0. The van der Waals surface area contributed by atoms with Crippen molar-refractivity contribution in [3.05, 3.63) is 0 Å². The van der Waals surface area contributed by atoms with Gasteiger partial charge in [0, 0.05) is 18.5 Å². The Kier molecular flexibility index (Phi) is 23.7. The molecule has 1 N–H and O–H groups in total. The van der Waals surface area contributed by atoms with E-state index in [1.807, 2.05) is 0 Å². The van der Waals surface area contributed by atoms with Crippen LogP contribution >= 0.6 is 0 Å². The molecule has 1 fully saturated rings. The summed E-state index contributed by atoms with van der Waals surface area (Å²) in [7, 11) is 0. The van der Waals surface area contributed by atoms with Crippen LogP contribution in [-0.4, -0.2) is 86.9 Å². The van der Waals surface area contributed by atoms with Crippen molar-refractivity contribution >= 4 is 23.9 Å². The summed E-state index contributed by atoms with van der Waals surface area (Å²) in [6.45, 7) is 6.62. The maximum absolute atomic E-state index is 12.8. The minimum absolute atomic E-state index is 0.0148. The zero-order chi connectivity index (χ0) is 31.5. The first-order valence-electron chi connectivity index (χ1n) is 17.0. The maximum Gasteiger partial charge on any atom is 0.320 e. The first-order valence-corrected chi connectivity index (χ1v) is 17.0. The van der Waals surface area contributed by atoms with E-state index >= 15 is 0 Å². The highest BCUT2D eigenvalue weighted by molar-refractivity contribution is 5.78. The minimum atomic E-state index is -0.521. The third-order valence-electron chi connectivity index (χ3n) is 7.59. The molecule has 2 atom stereocenters. The Morgan fingerprint density at radius 2 is 0.953 bits per heavy atom. The standard InChI is InChI=1S/C33H60N2O8/c1-4-7-9-11-13-17-21-40-31(37)23-35(24-32(38)41-22-18-14-12-10-8-5-2)25-33(39)43-27-29-20-16-15-19-28(34-29)26-42-30(36)6-3/h28-29,34H,4-27H2,1-3H3. The smallest absolute Gasteiger partial charge is 0.320 e. The molecule has 0 spiro atoms. The van der Waals surface area contributed by atoms with E-state index in [0.29, 0.717) is 26.2 Å². The van der Waals surface area contributed by atoms with Crippen molar-refractivity contribution in [3.63, 3.8) is 0 Å². The number of rotatable bonds is 25. The van der Waals surface area contributed by atoms with Crippen molar-refractivity contribution in [1.29, 1.82) is 0 Å². The second kappa shape index (κ2) is 26.2. The lowest BCUT2D eigenvalue weighted by Crippen LogP contribution is -2.44. The van der Waals surface area contributed by atoms with Gasteiger partial charge in [0.25, 0.3) is 0 Å². The molecule has 1 heterocycles. The molecular weight excluding hydrogens is 552 g/mol. The van der Waals surface area contributed by atoms with Gasteiger partial charge in [0.15, 0.2) is 0 Å². The summed E-state index contributed by atoms with van der Waals surface area (Å²) in [6.07, 6.45) is 17.0. The Morgan fingerprint density at radius 1 is 0.558 bits per heavy atom. The van der Waals surface area contributed by atoms with E-state index in [-0.39, 0.29) is 44.3 Å². The number of unbranched alkanes of at least 4 members (excludes halogenated alkanes) is 10. The largest absolute Gasteiger partial charge is 0.465 e. The molecule has 0 aliphatic carbocycles. The fourth-order valence-electron chi connectivity index (χ4n) is 5.02. The molecule has 0 amide bonds. The van der Waals surface area contributed by atoms with Crippen LogP contribution in [0.5, 0.6) is 0 Å². The summed E-state index contributed by atoms with van der Waals surface area (Å²) in [6, 6.07) is -0.0455. The fourth-order valence-corrected chi connectivity index (χ4v) is 5.02. The van der Waals surface area contributed by atoms with E-state index in [4.69, 9.17) is 18.9 Å². The Balaban J connectivity index is 2.54. The third-order valence-corrected chi connectivity index (χ3v) is 7.59. The van der Waals surface area contributed by atoms with Crippen molar-refractivity contribution in [2.24, 2.45) is 0 Å². The van der Waals surface area contributed by atoms with Gasteiger partial charge in [0.2, 0.25) is 0 Å². The monoisotopic (exact) mass is 612 g/mol. The molecule has 0 aromatic rings.